The van der Waals surface area contributed by atoms with Crippen molar-refractivity contribution in [1.82, 2.24) is 9.80 Å². The topological polar surface area (TPSA) is 74.8 Å². The zero-order chi connectivity index (χ0) is 25.3. The summed E-state index contributed by atoms with van der Waals surface area (Å²) < 4.78 is 0. The molecule has 0 unspecified atom stereocenters. The van der Waals surface area contributed by atoms with Crippen molar-refractivity contribution in [3.63, 3.8) is 0 Å². The Bertz CT molecular complexity index is 952. The molecular weight excluding hydrogens is 452 g/mol. The van der Waals surface area contributed by atoms with Crippen molar-refractivity contribution >= 4 is 23.6 Å². The molecule has 2 aromatic rings. The summed E-state index contributed by atoms with van der Waals surface area (Å²) in [4.78, 5) is 52.2. The molecule has 190 valence electrons. The Morgan fingerprint density at radius 3 is 0.833 bits per heavy atom. The molecule has 2 aromatic carbocycles. The van der Waals surface area contributed by atoms with E-state index in [1.807, 2.05) is 0 Å². The molecule has 0 saturated heterocycles. The van der Waals surface area contributed by atoms with Crippen molar-refractivity contribution in [1.29, 1.82) is 0 Å². The first kappa shape index (κ1) is 25.8. The molecule has 36 heavy (non-hydrogen) atoms. The summed E-state index contributed by atoms with van der Waals surface area (Å²) in [7, 11) is 0. The fourth-order valence-corrected chi connectivity index (χ4v) is 5.19. The molecule has 6 nitrogen and oxygen atoms in total. The van der Waals surface area contributed by atoms with Gasteiger partial charge in [0.25, 0.3) is 23.6 Å². The van der Waals surface area contributed by atoms with Gasteiger partial charge in [0.05, 0.1) is 22.3 Å². The molecular formula is C30H36N2O4. The lowest BCUT2D eigenvalue weighted by Crippen LogP contribution is -2.30. The molecule has 0 spiro atoms. The van der Waals surface area contributed by atoms with Gasteiger partial charge in [-0.1, -0.05) is 88.5 Å². The van der Waals surface area contributed by atoms with Crippen molar-refractivity contribution in [2.24, 2.45) is 0 Å². The Morgan fingerprint density at radius 1 is 0.361 bits per heavy atom. The maximum absolute atomic E-state index is 12.4. The molecule has 6 heteroatoms. The van der Waals surface area contributed by atoms with Crippen LogP contribution in [0.1, 0.15) is 118 Å². The number of carbonyl (C=O) groups excluding carboxylic acids is 4. The Balaban J connectivity index is 0.956. The van der Waals surface area contributed by atoms with Crippen molar-refractivity contribution < 1.29 is 19.2 Å². The summed E-state index contributed by atoms with van der Waals surface area (Å²) in [5.41, 5.74) is 2.13. The average molecular weight is 489 g/mol. The van der Waals surface area contributed by atoms with E-state index in [-0.39, 0.29) is 23.6 Å². The number of benzene rings is 2. The number of carbonyl (C=O) groups is 4. The van der Waals surface area contributed by atoms with Gasteiger partial charge in [-0.15, -0.1) is 0 Å². The highest BCUT2D eigenvalue weighted by atomic mass is 16.2. The van der Waals surface area contributed by atoms with Crippen LogP contribution in [0, 0.1) is 0 Å². The fraction of sp³-hybridized carbons (Fsp3) is 0.467. The van der Waals surface area contributed by atoms with E-state index in [2.05, 4.69) is 0 Å². The smallest absolute Gasteiger partial charge is 0.261 e. The number of nitrogens with zero attached hydrogens (tertiary/aromatic N) is 2. The predicted octanol–water partition coefficient (Wildman–Crippen LogP) is 6.26. The van der Waals surface area contributed by atoms with Crippen LogP contribution in [0.15, 0.2) is 48.5 Å². The normalized spacial score (nSPS) is 14.7. The molecule has 0 N–H and O–H groups in total. The van der Waals surface area contributed by atoms with E-state index < -0.39 is 0 Å². The Labute approximate surface area is 213 Å². The largest absolute Gasteiger partial charge is 0.274 e. The third-order valence-electron chi connectivity index (χ3n) is 7.27. The van der Waals surface area contributed by atoms with E-state index in [1.54, 1.807) is 48.5 Å². The molecule has 0 fully saturated rings. The van der Waals surface area contributed by atoms with Crippen molar-refractivity contribution in [2.75, 3.05) is 13.1 Å². The first-order valence-corrected chi connectivity index (χ1v) is 13.5. The third-order valence-corrected chi connectivity index (χ3v) is 7.27. The first-order chi connectivity index (χ1) is 17.6. The average Bonchev–Trinajstić information content (AvgIpc) is 3.29. The minimum atomic E-state index is -0.154. The van der Waals surface area contributed by atoms with E-state index in [9.17, 15) is 19.2 Å². The van der Waals surface area contributed by atoms with Gasteiger partial charge in [-0.3, -0.25) is 29.0 Å². The summed E-state index contributed by atoms with van der Waals surface area (Å²) in [6.45, 7) is 1.03. The molecule has 2 heterocycles. The van der Waals surface area contributed by atoms with Crippen LogP contribution >= 0.6 is 0 Å². The summed E-state index contributed by atoms with van der Waals surface area (Å²) in [5.74, 6) is -0.614. The first-order valence-electron chi connectivity index (χ1n) is 13.5. The van der Waals surface area contributed by atoms with E-state index in [0.29, 0.717) is 35.3 Å². The minimum Gasteiger partial charge on any atom is -0.274 e. The molecule has 2 aliphatic heterocycles. The molecule has 4 rings (SSSR count). The van der Waals surface area contributed by atoms with Gasteiger partial charge < -0.3 is 0 Å². The summed E-state index contributed by atoms with van der Waals surface area (Å²) in [6, 6.07) is 14.1. The number of hydrogen-bond donors (Lipinski definition) is 0. The van der Waals surface area contributed by atoms with Gasteiger partial charge in [-0.05, 0) is 37.1 Å². The van der Waals surface area contributed by atoms with E-state index in [1.165, 1.54) is 48.3 Å². The van der Waals surface area contributed by atoms with Gasteiger partial charge in [-0.2, -0.15) is 0 Å². The second-order valence-corrected chi connectivity index (χ2v) is 9.86. The number of amides is 4. The lowest BCUT2D eigenvalue weighted by Gasteiger charge is -2.13. The highest BCUT2D eigenvalue weighted by Gasteiger charge is 2.35. The van der Waals surface area contributed by atoms with Crippen LogP contribution < -0.4 is 0 Å². The molecule has 0 radical (unpaired) electrons. The molecule has 0 saturated carbocycles. The van der Waals surface area contributed by atoms with Gasteiger partial charge >= 0.3 is 0 Å². The van der Waals surface area contributed by atoms with Gasteiger partial charge in [0.1, 0.15) is 0 Å². The molecule has 4 amide bonds. The van der Waals surface area contributed by atoms with Gasteiger partial charge in [0.15, 0.2) is 0 Å². The van der Waals surface area contributed by atoms with Crippen LogP contribution in [0.5, 0.6) is 0 Å². The Kier molecular flexibility index (Phi) is 9.04. The number of rotatable bonds is 15. The standard InChI is InChI=1S/C30H36N2O4/c33-27-23-17-11-12-18-24(23)28(34)31(27)21-15-9-7-5-3-1-2-4-6-8-10-16-22-32-29(35)25-19-13-14-20-26(25)30(32)36/h11-14,17-20H,1-10,15-16,21-22H2. The maximum Gasteiger partial charge on any atom is 0.261 e. The lowest BCUT2D eigenvalue weighted by atomic mass is 10.0. The molecule has 0 atom stereocenters. The zero-order valence-electron chi connectivity index (χ0n) is 21.0. The van der Waals surface area contributed by atoms with Crippen molar-refractivity contribution in [3.8, 4) is 0 Å². The number of unbranched alkanes of at least 4 members (excludes halogenated alkanes) is 11. The second-order valence-electron chi connectivity index (χ2n) is 9.86. The molecule has 2 aliphatic rings. The van der Waals surface area contributed by atoms with Crippen molar-refractivity contribution in [3.05, 3.63) is 70.8 Å². The highest BCUT2D eigenvalue weighted by molar-refractivity contribution is 6.22. The molecule has 0 aliphatic carbocycles. The molecule has 0 aromatic heterocycles. The van der Waals surface area contributed by atoms with E-state index in [4.69, 9.17) is 0 Å². The van der Waals surface area contributed by atoms with Crippen LogP contribution in [0.25, 0.3) is 0 Å². The zero-order valence-corrected chi connectivity index (χ0v) is 21.0. The number of fused-ring (bicyclic) bond motifs is 2. The number of hydrogen-bond acceptors (Lipinski definition) is 4. The summed E-state index contributed by atoms with van der Waals surface area (Å²) in [5, 5.41) is 0. The lowest BCUT2D eigenvalue weighted by molar-refractivity contribution is 0.0636. The highest BCUT2D eigenvalue weighted by Crippen LogP contribution is 2.24. The van der Waals surface area contributed by atoms with Crippen LogP contribution in [0.3, 0.4) is 0 Å². The Morgan fingerprint density at radius 2 is 0.583 bits per heavy atom. The monoisotopic (exact) mass is 488 g/mol. The van der Waals surface area contributed by atoms with Crippen LogP contribution in [0.2, 0.25) is 0 Å². The fourth-order valence-electron chi connectivity index (χ4n) is 5.19. The predicted molar refractivity (Wildman–Crippen MR) is 139 cm³/mol. The van der Waals surface area contributed by atoms with Crippen molar-refractivity contribution in [2.45, 2.75) is 77.0 Å². The van der Waals surface area contributed by atoms with Crippen LogP contribution in [-0.2, 0) is 0 Å². The van der Waals surface area contributed by atoms with Gasteiger partial charge in [0, 0.05) is 13.1 Å². The third kappa shape index (κ3) is 5.92. The molecule has 0 bridgehead atoms. The SMILES string of the molecule is O=C1c2ccccc2C(=O)N1CCCCCCCCCCCCCCN1C(=O)c2ccccc2C1=O. The van der Waals surface area contributed by atoms with Gasteiger partial charge in [0.2, 0.25) is 0 Å². The second kappa shape index (κ2) is 12.6. The van der Waals surface area contributed by atoms with Crippen LogP contribution in [0.4, 0.5) is 0 Å². The van der Waals surface area contributed by atoms with E-state index >= 15 is 0 Å². The van der Waals surface area contributed by atoms with E-state index in [0.717, 1.165) is 38.5 Å². The Hall–Kier alpha value is -3.28. The van der Waals surface area contributed by atoms with Gasteiger partial charge in [-0.25, -0.2) is 0 Å². The van der Waals surface area contributed by atoms with Crippen LogP contribution in [-0.4, -0.2) is 46.5 Å². The maximum atomic E-state index is 12.4. The summed E-state index contributed by atoms with van der Waals surface area (Å²) >= 11 is 0. The minimum absolute atomic E-state index is 0.154. The summed E-state index contributed by atoms with van der Waals surface area (Å²) in [6.07, 6.45) is 13.4. The quantitative estimate of drug-likeness (QED) is 0.219. The number of imide groups is 2.